The maximum Gasteiger partial charge on any atom is 0.421 e. The van der Waals surface area contributed by atoms with Crippen molar-refractivity contribution in [1.29, 1.82) is 0 Å². The third-order valence-electron chi connectivity index (χ3n) is 1.88. The molecular formula is C13H12N2O2. The molecule has 0 radical (unpaired) electrons. The van der Waals surface area contributed by atoms with Gasteiger partial charge in [0.05, 0.1) is 0 Å². The SMILES string of the molecule is C=CCOC(=O)C(/C=C/c1ccccc1)=[N+]=[N-]. The summed E-state index contributed by atoms with van der Waals surface area (Å²) < 4.78 is 4.73. The van der Waals surface area contributed by atoms with Gasteiger partial charge in [0.25, 0.3) is 0 Å². The highest BCUT2D eigenvalue weighted by atomic mass is 16.5. The molecule has 0 fully saturated rings. The predicted octanol–water partition coefficient (Wildman–Crippen LogP) is 2.10. The first-order valence-corrected chi connectivity index (χ1v) is 5.01. The summed E-state index contributed by atoms with van der Waals surface area (Å²) in [5, 5.41) is 0. The third kappa shape index (κ3) is 4.28. The van der Waals surface area contributed by atoms with Crippen LogP contribution in [0.2, 0.25) is 0 Å². The van der Waals surface area contributed by atoms with Gasteiger partial charge in [-0.3, -0.25) is 0 Å². The van der Waals surface area contributed by atoms with Gasteiger partial charge in [0, 0.05) is 6.08 Å². The van der Waals surface area contributed by atoms with Crippen LogP contribution in [0.4, 0.5) is 0 Å². The van der Waals surface area contributed by atoms with E-state index >= 15 is 0 Å². The summed E-state index contributed by atoms with van der Waals surface area (Å²) in [7, 11) is 0. The van der Waals surface area contributed by atoms with Crippen molar-refractivity contribution in [1.82, 2.24) is 0 Å². The molecule has 1 aromatic carbocycles. The van der Waals surface area contributed by atoms with Crippen LogP contribution >= 0.6 is 0 Å². The van der Waals surface area contributed by atoms with Crippen LogP contribution in [-0.4, -0.2) is 23.1 Å². The van der Waals surface area contributed by atoms with Crippen LogP contribution in [0, 0.1) is 0 Å². The number of hydrogen-bond donors (Lipinski definition) is 0. The smallest absolute Gasteiger partial charge is 0.421 e. The molecule has 0 spiro atoms. The Morgan fingerprint density at radius 3 is 2.71 bits per heavy atom. The van der Waals surface area contributed by atoms with Crippen LogP contribution < -0.4 is 0 Å². The van der Waals surface area contributed by atoms with Gasteiger partial charge in [-0.15, -0.1) is 0 Å². The summed E-state index contributed by atoms with van der Waals surface area (Å²) in [6.07, 6.45) is 4.48. The van der Waals surface area contributed by atoms with Crippen LogP contribution in [-0.2, 0) is 9.53 Å². The summed E-state index contributed by atoms with van der Waals surface area (Å²) in [5.74, 6) is -0.695. The first kappa shape index (κ1) is 12.6. The van der Waals surface area contributed by atoms with Crippen LogP contribution in [0.1, 0.15) is 5.56 Å². The van der Waals surface area contributed by atoms with E-state index in [2.05, 4.69) is 11.4 Å². The van der Waals surface area contributed by atoms with Crippen LogP contribution in [0.3, 0.4) is 0 Å². The number of carbonyl (C=O) groups excluding carboxylic acids is 1. The Labute approximate surface area is 99.5 Å². The molecule has 4 nitrogen and oxygen atoms in total. The largest absolute Gasteiger partial charge is 0.453 e. The van der Waals surface area contributed by atoms with Crippen molar-refractivity contribution in [3.63, 3.8) is 0 Å². The minimum absolute atomic E-state index is 0.0804. The minimum Gasteiger partial charge on any atom is -0.453 e. The molecule has 0 N–H and O–H groups in total. The fourth-order valence-corrected chi connectivity index (χ4v) is 1.09. The van der Waals surface area contributed by atoms with Crippen molar-refractivity contribution in [2.75, 3.05) is 6.61 Å². The van der Waals surface area contributed by atoms with E-state index in [1.54, 1.807) is 6.08 Å². The molecule has 0 saturated carbocycles. The molecule has 0 amide bonds. The fourth-order valence-electron chi connectivity index (χ4n) is 1.09. The van der Waals surface area contributed by atoms with Crippen molar-refractivity contribution in [3.05, 3.63) is 60.2 Å². The molecular weight excluding hydrogens is 216 g/mol. The Morgan fingerprint density at radius 1 is 1.41 bits per heavy atom. The molecule has 0 aliphatic heterocycles. The third-order valence-corrected chi connectivity index (χ3v) is 1.88. The lowest BCUT2D eigenvalue weighted by molar-refractivity contribution is -0.138. The second-order valence-corrected chi connectivity index (χ2v) is 3.12. The van der Waals surface area contributed by atoms with Crippen LogP contribution in [0.25, 0.3) is 11.6 Å². The Morgan fingerprint density at radius 2 is 2.12 bits per heavy atom. The maximum absolute atomic E-state index is 11.3. The minimum atomic E-state index is -0.695. The lowest BCUT2D eigenvalue weighted by atomic mass is 10.2. The van der Waals surface area contributed by atoms with Crippen molar-refractivity contribution < 1.29 is 14.3 Å². The number of esters is 1. The Kier molecular flexibility index (Phi) is 5.14. The monoisotopic (exact) mass is 228 g/mol. The molecule has 0 aliphatic rings. The first-order chi connectivity index (χ1) is 8.27. The molecule has 17 heavy (non-hydrogen) atoms. The van der Waals surface area contributed by atoms with Crippen molar-refractivity contribution in [2.24, 2.45) is 0 Å². The summed E-state index contributed by atoms with van der Waals surface area (Å²) in [6.45, 7) is 3.49. The average Bonchev–Trinajstić information content (AvgIpc) is 2.38. The molecule has 1 aromatic rings. The molecule has 4 heteroatoms. The van der Waals surface area contributed by atoms with E-state index in [4.69, 9.17) is 10.3 Å². The number of ether oxygens (including phenoxy) is 1. The molecule has 0 unspecified atom stereocenters. The second kappa shape index (κ2) is 6.93. The topological polar surface area (TPSA) is 62.7 Å². The molecule has 0 heterocycles. The van der Waals surface area contributed by atoms with E-state index in [-0.39, 0.29) is 12.3 Å². The van der Waals surface area contributed by atoms with Gasteiger partial charge in [0.2, 0.25) is 0 Å². The van der Waals surface area contributed by atoms with E-state index in [0.29, 0.717) is 0 Å². The predicted molar refractivity (Wildman–Crippen MR) is 65.3 cm³/mol. The molecule has 0 aliphatic carbocycles. The van der Waals surface area contributed by atoms with E-state index in [9.17, 15) is 4.79 Å². The van der Waals surface area contributed by atoms with Gasteiger partial charge in [0.15, 0.2) is 0 Å². The van der Waals surface area contributed by atoms with Gasteiger partial charge in [-0.05, 0) is 11.6 Å². The van der Waals surface area contributed by atoms with Crippen LogP contribution in [0.15, 0.2) is 49.1 Å². The Balaban J connectivity index is 2.71. The van der Waals surface area contributed by atoms with Crippen LogP contribution in [0.5, 0.6) is 0 Å². The summed E-state index contributed by atoms with van der Waals surface area (Å²) in [4.78, 5) is 14.2. The standard InChI is InChI=1S/C13H12N2O2/c1-2-10-17-13(16)12(15-14)9-8-11-6-4-3-5-7-11/h2-9H,1,10H2/b9-8+. The highest BCUT2D eigenvalue weighted by Gasteiger charge is 2.17. The van der Waals surface area contributed by atoms with E-state index in [1.165, 1.54) is 12.2 Å². The van der Waals surface area contributed by atoms with E-state index in [0.717, 1.165) is 5.56 Å². The normalized spacial score (nSPS) is 9.65. The molecule has 1 rings (SSSR count). The molecule has 0 aromatic heterocycles. The zero-order chi connectivity index (χ0) is 12.5. The van der Waals surface area contributed by atoms with Gasteiger partial charge in [-0.1, -0.05) is 43.0 Å². The summed E-state index contributed by atoms with van der Waals surface area (Å²) in [6, 6.07) is 9.34. The molecule has 0 saturated heterocycles. The van der Waals surface area contributed by atoms with Crippen molar-refractivity contribution in [3.8, 4) is 0 Å². The van der Waals surface area contributed by atoms with Gasteiger partial charge >= 0.3 is 11.7 Å². The quantitative estimate of drug-likeness (QED) is 0.255. The number of benzene rings is 1. The number of rotatable bonds is 5. The molecule has 86 valence electrons. The molecule has 0 bridgehead atoms. The number of nitrogens with zero attached hydrogens (tertiary/aromatic N) is 2. The van der Waals surface area contributed by atoms with Crippen molar-refractivity contribution >= 4 is 17.8 Å². The second-order valence-electron chi connectivity index (χ2n) is 3.12. The van der Waals surface area contributed by atoms with E-state index < -0.39 is 5.97 Å². The van der Waals surface area contributed by atoms with Gasteiger partial charge in [-0.2, -0.15) is 4.79 Å². The van der Waals surface area contributed by atoms with Gasteiger partial charge in [0.1, 0.15) is 6.61 Å². The lowest BCUT2D eigenvalue weighted by Gasteiger charge is -1.94. The summed E-state index contributed by atoms with van der Waals surface area (Å²) in [5.41, 5.74) is 9.42. The first-order valence-electron chi connectivity index (χ1n) is 5.01. The highest BCUT2D eigenvalue weighted by Crippen LogP contribution is 2.01. The maximum atomic E-state index is 11.3. The summed E-state index contributed by atoms with van der Waals surface area (Å²) >= 11 is 0. The number of hydrogen-bond acceptors (Lipinski definition) is 2. The van der Waals surface area contributed by atoms with E-state index in [1.807, 2.05) is 30.3 Å². The number of carbonyl (C=O) groups is 1. The fraction of sp³-hybridized carbons (Fsp3) is 0.0769. The van der Waals surface area contributed by atoms with Crippen molar-refractivity contribution in [2.45, 2.75) is 0 Å². The zero-order valence-electron chi connectivity index (χ0n) is 9.24. The lowest BCUT2D eigenvalue weighted by Crippen LogP contribution is -2.16. The Hall–Kier alpha value is -2.45. The average molecular weight is 228 g/mol. The highest BCUT2D eigenvalue weighted by molar-refractivity contribution is 6.39. The Bertz CT molecular complexity index is 471. The van der Waals surface area contributed by atoms with Gasteiger partial charge < -0.3 is 10.3 Å². The van der Waals surface area contributed by atoms with Gasteiger partial charge in [-0.25, -0.2) is 4.79 Å². The zero-order valence-corrected chi connectivity index (χ0v) is 9.24. The molecule has 0 atom stereocenters.